The van der Waals surface area contributed by atoms with Gasteiger partial charge in [0, 0.05) is 4.47 Å². The van der Waals surface area contributed by atoms with Crippen molar-refractivity contribution in [2.75, 3.05) is 7.11 Å². The fourth-order valence-corrected chi connectivity index (χ4v) is 3.88. The molecule has 0 spiro atoms. The summed E-state index contributed by atoms with van der Waals surface area (Å²) in [5, 5.41) is 2.06. The van der Waals surface area contributed by atoms with Crippen LogP contribution in [0.4, 0.5) is 0 Å². The summed E-state index contributed by atoms with van der Waals surface area (Å²) < 4.78 is 6.46. The molecule has 0 saturated carbocycles. The highest BCUT2D eigenvalue weighted by Crippen LogP contribution is 2.38. The Bertz CT molecular complexity index is 496. The van der Waals surface area contributed by atoms with Crippen LogP contribution in [0, 0.1) is 0 Å². The Kier molecular flexibility index (Phi) is 4.65. The first-order valence-corrected chi connectivity index (χ1v) is 7.79. The molecule has 1 heterocycles. The van der Waals surface area contributed by atoms with Crippen LogP contribution in [-0.4, -0.2) is 7.11 Å². The summed E-state index contributed by atoms with van der Waals surface area (Å²) in [5.74, 6) is 0.965. The van der Waals surface area contributed by atoms with Gasteiger partial charge in [0.2, 0.25) is 0 Å². The normalized spacial score (nSPS) is 12.4. The van der Waals surface area contributed by atoms with Crippen molar-refractivity contribution in [3.8, 4) is 5.75 Å². The van der Waals surface area contributed by atoms with E-state index in [9.17, 15) is 0 Å². The molecular formula is C13H12Br2OS. The van der Waals surface area contributed by atoms with Crippen molar-refractivity contribution in [2.24, 2.45) is 0 Å². The molecule has 0 amide bonds. The lowest BCUT2D eigenvalue weighted by atomic mass is 10.1. The molecule has 0 saturated heterocycles. The average molecular weight is 376 g/mol. The largest absolute Gasteiger partial charge is 0.496 e. The molecule has 4 heteroatoms. The first-order chi connectivity index (χ1) is 8.20. The first kappa shape index (κ1) is 13.1. The van der Waals surface area contributed by atoms with E-state index < -0.39 is 0 Å². The van der Waals surface area contributed by atoms with Crippen molar-refractivity contribution in [1.82, 2.24) is 0 Å². The standard InChI is InChI=1S/C13H12Br2OS/c1-16-12-5-6-17-13(12)11(15)8-9-3-2-4-10(14)7-9/h2-7,11H,8H2,1H3. The molecule has 0 radical (unpaired) electrons. The molecule has 1 unspecified atom stereocenters. The molecule has 0 aliphatic carbocycles. The van der Waals surface area contributed by atoms with E-state index in [0.29, 0.717) is 4.83 Å². The topological polar surface area (TPSA) is 9.23 Å². The van der Waals surface area contributed by atoms with Crippen molar-refractivity contribution < 1.29 is 4.74 Å². The molecule has 1 nitrogen and oxygen atoms in total. The summed E-state index contributed by atoms with van der Waals surface area (Å²) in [6, 6.07) is 10.4. The maximum atomic E-state index is 5.34. The van der Waals surface area contributed by atoms with Gasteiger partial charge in [-0.2, -0.15) is 0 Å². The smallest absolute Gasteiger partial charge is 0.133 e. The SMILES string of the molecule is COc1ccsc1C(Br)Cc1cccc(Br)c1. The minimum atomic E-state index is 0.298. The van der Waals surface area contributed by atoms with Gasteiger partial charge in [-0.05, 0) is 35.6 Å². The second-order valence-corrected chi connectivity index (χ2v) is 6.62. The maximum Gasteiger partial charge on any atom is 0.133 e. The summed E-state index contributed by atoms with van der Waals surface area (Å²) in [6.45, 7) is 0. The van der Waals surface area contributed by atoms with Crippen molar-refractivity contribution in [1.29, 1.82) is 0 Å². The minimum Gasteiger partial charge on any atom is -0.496 e. The highest BCUT2D eigenvalue weighted by molar-refractivity contribution is 9.10. The molecule has 0 aliphatic heterocycles. The Hall–Kier alpha value is -0.320. The third kappa shape index (κ3) is 3.33. The zero-order valence-corrected chi connectivity index (χ0v) is 13.3. The lowest BCUT2D eigenvalue weighted by molar-refractivity contribution is 0.412. The van der Waals surface area contributed by atoms with Crippen LogP contribution >= 0.6 is 43.2 Å². The van der Waals surface area contributed by atoms with Gasteiger partial charge in [-0.1, -0.05) is 44.0 Å². The van der Waals surface area contributed by atoms with E-state index in [-0.39, 0.29) is 0 Å². The van der Waals surface area contributed by atoms with E-state index in [2.05, 4.69) is 55.4 Å². The Balaban J connectivity index is 2.14. The van der Waals surface area contributed by atoms with Gasteiger partial charge in [0.15, 0.2) is 0 Å². The summed E-state index contributed by atoms with van der Waals surface area (Å²) >= 11 is 8.95. The number of hydrogen-bond donors (Lipinski definition) is 0. The summed E-state index contributed by atoms with van der Waals surface area (Å²) in [5.41, 5.74) is 1.30. The van der Waals surface area contributed by atoms with Crippen LogP contribution in [0.5, 0.6) is 5.75 Å². The fraction of sp³-hybridized carbons (Fsp3) is 0.231. The van der Waals surface area contributed by atoms with Crippen LogP contribution in [-0.2, 0) is 6.42 Å². The highest BCUT2D eigenvalue weighted by atomic mass is 79.9. The van der Waals surface area contributed by atoms with Gasteiger partial charge in [-0.3, -0.25) is 0 Å². The highest BCUT2D eigenvalue weighted by Gasteiger charge is 2.15. The van der Waals surface area contributed by atoms with Gasteiger partial charge in [-0.25, -0.2) is 0 Å². The van der Waals surface area contributed by atoms with Crippen molar-refractivity contribution >= 4 is 43.2 Å². The fourth-order valence-electron chi connectivity index (χ4n) is 1.67. The second kappa shape index (κ2) is 6.03. The second-order valence-electron chi connectivity index (χ2n) is 3.65. The van der Waals surface area contributed by atoms with Gasteiger partial charge in [-0.15, -0.1) is 11.3 Å². The Morgan fingerprint density at radius 2 is 2.18 bits per heavy atom. The van der Waals surface area contributed by atoms with Crippen LogP contribution in [0.15, 0.2) is 40.2 Å². The predicted molar refractivity (Wildman–Crippen MR) is 80.4 cm³/mol. The molecule has 17 heavy (non-hydrogen) atoms. The van der Waals surface area contributed by atoms with Crippen molar-refractivity contribution in [3.63, 3.8) is 0 Å². The third-order valence-corrected chi connectivity index (χ3v) is 5.06. The van der Waals surface area contributed by atoms with Gasteiger partial charge >= 0.3 is 0 Å². The van der Waals surface area contributed by atoms with E-state index in [0.717, 1.165) is 16.6 Å². The van der Waals surface area contributed by atoms with Gasteiger partial charge in [0.25, 0.3) is 0 Å². The summed E-state index contributed by atoms with van der Waals surface area (Å²) in [4.78, 5) is 1.54. The molecule has 1 atom stereocenters. The number of thiophene rings is 1. The molecule has 1 aromatic heterocycles. The zero-order chi connectivity index (χ0) is 12.3. The monoisotopic (exact) mass is 374 g/mol. The number of hydrogen-bond acceptors (Lipinski definition) is 2. The Morgan fingerprint density at radius 3 is 2.88 bits per heavy atom. The van der Waals surface area contributed by atoms with E-state index in [4.69, 9.17) is 4.74 Å². The molecule has 2 rings (SSSR count). The molecule has 2 aromatic rings. The lowest BCUT2D eigenvalue weighted by Gasteiger charge is -2.10. The molecule has 0 aliphatic rings. The van der Waals surface area contributed by atoms with Crippen LogP contribution in [0.2, 0.25) is 0 Å². The average Bonchev–Trinajstić information content (AvgIpc) is 2.77. The molecule has 0 N–H and O–H groups in total. The molecule has 1 aromatic carbocycles. The van der Waals surface area contributed by atoms with Gasteiger partial charge in [0.1, 0.15) is 5.75 Å². The first-order valence-electron chi connectivity index (χ1n) is 5.20. The maximum absolute atomic E-state index is 5.34. The number of alkyl halides is 1. The number of halogens is 2. The Morgan fingerprint density at radius 1 is 1.35 bits per heavy atom. The van der Waals surface area contributed by atoms with Crippen LogP contribution in [0.3, 0.4) is 0 Å². The number of ether oxygens (including phenoxy) is 1. The van der Waals surface area contributed by atoms with E-state index in [1.165, 1.54) is 10.4 Å². The van der Waals surface area contributed by atoms with Crippen molar-refractivity contribution in [2.45, 2.75) is 11.2 Å². The molecule has 0 fully saturated rings. The third-order valence-electron chi connectivity index (χ3n) is 2.47. The van der Waals surface area contributed by atoms with Crippen LogP contribution < -0.4 is 4.74 Å². The predicted octanol–water partition coefficient (Wildman–Crippen LogP) is 5.20. The minimum absolute atomic E-state index is 0.298. The lowest BCUT2D eigenvalue weighted by Crippen LogP contribution is -1.95. The zero-order valence-electron chi connectivity index (χ0n) is 9.32. The quantitative estimate of drug-likeness (QED) is 0.667. The molecular weight excluding hydrogens is 364 g/mol. The Labute approximate surface area is 122 Å². The van der Waals surface area contributed by atoms with Crippen LogP contribution in [0.25, 0.3) is 0 Å². The number of rotatable bonds is 4. The van der Waals surface area contributed by atoms with Gasteiger partial charge < -0.3 is 4.74 Å². The van der Waals surface area contributed by atoms with E-state index >= 15 is 0 Å². The molecule has 0 bridgehead atoms. The van der Waals surface area contributed by atoms with Crippen molar-refractivity contribution in [3.05, 3.63) is 50.6 Å². The number of benzene rings is 1. The summed E-state index contributed by atoms with van der Waals surface area (Å²) in [6.07, 6.45) is 0.955. The summed E-state index contributed by atoms with van der Waals surface area (Å²) in [7, 11) is 1.71. The van der Waals surface area contributed by atoms with Crippen LogP contribution in [0.1, 0.15) is 15.3 Å². The number of methoxy groups -OCH3 is 1. The van der Waals surface area contributed by atoms with E-state index in [1.807, 2.05) is 12.1 Å². The van der Waals surface area contributed by atoms with E-state index in [1.54, 1.807) is 18.4 Å². The van der Waals surface area contributed by atoms with Gasteiger partial charge in [0.05, 0.1) is 16.8 Å². The molecule has 90 valence electrons.